The Hall–Kier alpha value is -4.18. The lowest BCUT2D eigenvalue weighted by Crippen LogP contribution is -2.62. The van der Waals surface area contributed by atoms with Gasteiger partial charge in [0, 0.05) is 17.0 Å². The molecule has 1 unspecified atom stereocenters. The van der Waals surface area contributed by atoms with Crippen LogP contribution in [0.3, 0.4) is 0 Å². The van der Waals surface area contributed by atoms with Crippen molar-refractivity contribution >= 4 is 63.7 Å². The number of nitrogens with one attached hydrogen (secondary N) is 1. The number of oxime groups is 1. The van der Waals surface area contributed by atoms with Gasteiger partial charge in [-0.25, -0.2) is 14.3 Å². The molecule has 0 radical (unpaired) electrons. The van der Waals surface area contributed by atoms with Crippen molar-refractivity contribution < 1.29 is 28.9 Å². The minimum atomic E-state index is -1.49. The minimum Gasteiger partial charge on any atom is -0.477 e. The number of nitrogens with zero attached hydrogens (tertiary/aromatic N) is 6. The number of carbonyl (C=O) groups excluding carboxylic acids is 2. The van der Waals surface area contributed by atoms with Crippen molar-refractivity contribution in [3.8, 4) is 0 Å². The standard InChI is InChI=1S/C20H19N9O5S2/c1-34-24-7-13(30)26-20(11-9-35-19(22)25-11)10(17(18(32)33)28-15(31)6-16(28)36-20)8-27-5-3-12(21)29-14(27)2-4-23-29/h2-5,7,9,16,21H,6,8H2,1H3,(H4,22,25,26,30,32,33)/p+1/t16-,20?/m0/s1. The number of hydrogen-bond donors (Lipinski definition) is 4. The molecule has 5 heterocycles. The third kappa shape index (κ3) is 3.70. The number of nitrogens with two attached hydrogens (primary N) is 2. The second-order valence-corrected chi connectivity index (χ2v) is 10.1. The topological polar surface area (TPSA) is 194 Å². The number of fused-ring (bicyclic) bond motifs is 2. The molecule has 3 aromatic rings. The zero-order valence-corrected chi connectivity index (χ0v) is 20.3. The lowest BCUT2D eigenvalue weighted by molar-refractivity contribution is -0.667. The number of rotatable bonds is 7. The number of aliphatic carboxylic acids is 1. The van der Waals surface area contributed by atoms with Gasteiger partial charge >= 0.3 is 11.6 Å². The smallest absolute Gasteiger partial charge is 0.352 e. The van der Waals surface area contributed by atoms with E-state index in [0.29, 0.717) is 17.2 Å². The number of thiazole rings is 1. The maximum Gasteiger partial charge on any atom is 0.352 e. The molecule has 0 aromatic carbocycles. The van der Waals surface area contributed by atoms with Crippen molar-refractivity contribution in [2.75, 3.05) is 18.6 Å². The number of thioether (sulfide) groups is 1. The lowest BCUT2D eigenvalue weighted by atomic mass is 9.96. The number of carboxylic acid groups (broad SMARTS) is 1. The third-order valence-electron chi connectivity index (χ3n) is 5.75. The molecule has 0 saturated carbocycles. The number of carbonyl (C=O) groups is 3. The highest BCUT2D eigenvalue weighted by molar-refractivity contribution is 8.01. The van der Waals surface area contributed by atoms with E-state index in [4.69, 9.17) is 11.5 Å². The van der Waals surface area contributed by atoms with E-state index >= 15 is 0 Å². The molecule has 2 atom stereocenters. The van der Waals surface area contributed by atoms with Crippen LogP contribution in [0.4, 0.5) is 10.9 Å². The van der Waals surface area contributed by atoms with Crippen LogP contribution in [0.15, 0.2) is 46.3 Å². The largest absolute Gasteiger partial charge is 0.477 e. The van der Waals surface area contributed by atoms with Gasteiger partial charge in [-0.2, -0.15) is 0 Å². The van der Waals surface area contributed by atoms with Gasteiger partial charge in [-0.3, -0.25) is 14.5 Å². The van der Waals surface area contributed by atoms with Crippen molar-refractivity contribution in [3.05, 3.63) is 46.9 Å². The molecule has 14 nitrogen and oxygen atoms in total. The Morgan fingerprint density at radius 1 is 1.44 bits per heavy atom. The summed E-state index contributed by atoms with van der Waals surface area (Å²) in [6.45, 7) is -0.0558. The molecule has 1 saturated heterocycles. The predicted molar refractivity (Wildman–Crippen MR) is 129 cm³/mol. The second kappa shape index (κ2) is 8.80. The van der Waals surface area contributed by atoms with Crippen LogP contribution < -0.4 is 21.4 Å². The molecule has 3 aromatic heterocycles. The van der Waals surface area contributed by atoms with Gasteiger partial charge in [-0.05, 0) is 0 Å². The summed E-state index contributed by atoms with van der Waals surface area (Å²) in [6.07, 6.45) is 4.25. The normalized spacial score (nSPS) is 21.5. The Bertz CT molecular complexity index is 1460. The fourth-order valence-corrected chi connectivity index (χ4v) is 6.56. The minimum absolute atomic E-state index is 0.0558. The van der Waals surface area contributed by atoms with Crippen LogP contribution in [0.2, 0.25) is 0 Å². The first-order chi connectivity index (χ1) is 17.2. The monoisotopic (exact) mass is 530 g/mol. The van der Waals surface area contributed by atoms with Crippen molar-refractivity contribution in [1.82, 2.24) is 24.8 Å². The molecule has 186 valence electrons. The average Bonchev–Trinajstić information content (AvgIpc) is 3.50. The zero-order chi connectivity index (χ0) is 25.6. The molecule has 0 spiro atoms. The first-order valence-electron chi connectivity index (χ1n) is 10.4. The summed E-state index contributed by atoms with van der Waals surface area (Å²) in [5.41, 5.74) is 12.8. The Morgan fingerprint density at radius 2 is 2.25 bits per heavy atom. The summed E-state index contributed by atoms with van der Waals surface area (Å²) in [4.78, 5) is 46.8. The SMILES string of the molecule is CON=CC(=O)NC1(c2csc(N)n2)S[C@H]2CC(=O)N2C(C(=O)O)=C1C[n+]1ccc(N)n2nccc21. The molecule has 1 fully saturated rings. The summed E-state index contributed by atoms with van der Waals surface area (Å²) in [6, 6.07) is 3.32. The fourth-order valence-electron chi connectivity index (χ4n) is 4.23. The number of hydrogen-bond acceptors (Lipinski definition) is 11. The second-order valence-electron chi connectivity index (χ2n) is 7.80. The van der Waals surface area contributed by atoms with E-state index in [9.17, 15) is 19.5 Å². The molecule has 0 bridgehead atoms. The highest BCUT2D eigenvalue weighted by atomic mass is 32.2. The summed E-state index contributed by atoms with van der Waals surface area (Å²) in [5, 5.41) is 22.2. The van der Waals surface area contributed by atoms with Gasteiger partial charge in [0.2, 0.25) is 11.7 Å². The molecular formula is C20H20N9O5S2+. The molecule has 2 aliphatic heterocycles. The summed E-state index contributed by atoms with van der Waals surface area (Å²) < 4.78 is 3.20. The van der Waals surface area contributed by atoms with E-state index in [2.05, 4.69) is 25.4 Å². The first-order valence-corrected chi connectivity index (χ1v) is 12.2. The van der Waals surface area contributed by atoms with Gasteiger partial charge in [0.15, 0.2) is 10.0 Å². The Balaban J connectivity index is 1.76. The Morgan fingerprint density at radius 3 is 2.92 bits per heavy atom. The van der Waals surface area contributed by atoms with E-state index in [0.717, 1.165) is 17.6 Å². The van der Waals surface area contributed by atoms with E-state index in [1.54, 1.807) is 34.5 Å². The fraction of sp³-hybridized carbons (Fsp3) is 0.250. The summed E-state index contributed by atoms with van der Waals surface area (Å²) in [5.74, 6) is -1.94. The Labute approximate surface area is 211 Å². The van der Waals surface area contributed by atoms with Crippen LogP contribution >= 0.6 is 23.1 Å². The molecule has 16 heteroatoms. The van der Waals surface area contributed by atoms with Gasteiger partial charge in [0.1, 0.15) is 25.6 Å². The number of anilines is 2. The molecule has 0 aliphatic carbocycles. The van der Waals surface area contributed by atoms with Crippen molar-refractivity contribution in [2.45, 2.75) is 23.2 Å². The summed E-state index contributed by atoms with van der Waals surface area (Å²) >= 11 is 2.34. The van der Waals surface area contributed by atoms with Crippen LogP contribution in [0, 0.1) is 0 Å². The quantitative estimate of drug-likeness (QED) is 0.134. The van der Waals surface area contributed by atoms with E-state index < -0.39 is 22.1 Å². The van der Waals surface area contributed by atoms with E-state index in [1.165, 1.54) is 28.3 Å². The van der Waals surface area contributed by atoms with Crippen LogP contribution in [0.1, 0.15) is 12.1 Å². The van der Waals surface area contributed by atoms with Gasteiger partial charge in [-0.15, -0.1) is 11.3 Å². The van der Waals surface area contributed by atoms with Crippen molar-refractivity contribution in [2.24, 2.45) is 5.16 Å². The highest BCUT2D eigenvalue weighted by Crippen LogP contribution is 2.54. The van der Waals surface area contributed by atoms with Gasteiger partial charge in [-0.1, -0.05) is 26.5 Å². The maximum absolute atomic E-state index is 12.9. The maximum atomic E-state index is 12.9. The molecule has 36 heavy (non-hydrogen) atoms. The number of nitrogen functional groups attached to an aromatic ring is 2. The number of β-lactam (4-membered cyclic amide) rings is 1. The molecule has 5 rings (SSSR count). The molecule has 2 amide bonds. The number of carboxylic acids is 1. The lowest BCUT2D eigenvalue weighted by Gasteiger charge is -2.50. The van der Waals surface area contributed by atoms with Crippen LogP contribution in [-0.2, 0) is 30.6 Å². The third-order valence-corrected chi connectivity index (χ3v) is 7.98. The Kier molecular flexibility index (Phi) is 5.76. The molecule has 6 N–H and O–H groups in total. The summed E-state index contributed by atoms with van der Waals surface area (Å²) in [7, 11) is 1.29. The average molecular weight is 531 g/mol. The van der Waals surface area contributed by atoms with Gasteiger partial charge < -0.3 is 26.7 Å². The van der Waals surface area contributed by atoms with E-state index in [1.807, 2.05) is 0 Å². The highest BCUT2D eigenvalue weighted by Gasteiger charge is 2.57. The molecule has 2 aliphatic rings. The number of amides is 2. The predicted octanol–water partition coefficient (Wildman–Crippen LogP) is -0.512. The molecular weight excluding hydrogens is 510 g/mol. The van der Waals surface area contributed by atoms with Crippen LogP contribution in [0.25, 0.3) is 5.65 Å². The van der Waals surface area contributed by atoms with E-state index in [-0.39, 0.29) is 35.3 Å². The van der Waals surface area contributed by atoms with Crippen LogP contribution in [-0.4, -0.2) is 61.1 Å². The number of aromatic nitrogens is 4. The van der Waals surface area contributed by atoms with Crippen molar-refractivity contribution in [3.63, 3.8) is 0 Å². The van der Waals surface area contributed by atoms with Crippen LogP contribution in [0.5, 0.6) is 0 Å². The zero-order valence-electron chi connectivity index (χ0n) is 18.7. The first kappa shape index (κ1) is 23.6. The van der Waals surface area contributed by atoms with Gasteiger partial charge in [0.25, 0.3) is 5.91 Å². The van der Waals surface area contributed by atoms with Gasteiger partial charge in [0.05, 0.1) is 35.9 Å². The van der Waals surface area contributed by atoms with Crippen molar-refractivity contribution in [1.29, 1.82) is 0 Å².